The number of Topliss-reactive ketones (excluding diaryl/α,β-unsaturated/α-hetero) is 1. The number of nitriles is 1. The zero-order chi connectivity index (χ0) is 28.0. The zero-order valence-electron chi connectivity index (χ0n) is 21.9. The number of hydrogen-bond donors (Lipinski definition) is 2. The van der Waals surface area contributed by atoms with Crippen LogP contribution in [0.1, 0.15) is 44.2 Å². The number of halogens is 2. The summed E-state index contributed by atoms with van der Waals surface area (Å²) in [5, 5.41) is 32.4. The highest BCUT2D eigenvalue weighted by Gasteiger charge is 2.79. The number of alkyl halides is 2. The highest BCUT2D eigenvalue weighted by molar-refractivity contribution is 6.01. The lowest BCUT2D eigenvalue weighted by Crippen LogP contribution is -2.70. The summed E-state index contributed by atoms with van der Waals surface area (Å²) in [5.74, 6) is -2.75. The smallest absolute Gasteiger partial charge is 0.192 e. The highest BCUT2D eigenvalue weighted by Crippen LogP contribution is 2.72. The molecule has 0 radical (unpaired) electrons. The van der Waals surface area contributed by atoms with Gasteiger partial charge in [0, 0.05) is 35.8 Å². The van der Waals surface area contributed by atoms with Crippen LogP contribution >= 0.6 is 0 Å². The molecular formula is C30H32F2N2O5. The Morgan fingerprint density at radius 3 is 2.62 bits per heavy atom. The fourth-order valence-corrected chi connectivity index (χ4v) is 8.92. The third kappa shape index (κ3) is 3.26. The molecule has 4 aliphatic carbocycles. The molecule has 1 aromatic rings. The molecule has 9 atom stereocenters. The summed E-state index contributed by atoms with van der Waals surface area (Å²) in [7, 11) is 0. The van der Waals surface area contributed by atoms with Gasteiger partial charge in [0.05, 0.1) is 17.7 Å². The minimum absolute atomic E-state index is 0.0561. The summed E-state index contributed by atoms with van der Waals surface area (Å²) < 4.78 is 33.1. The Labute approximate surface area is 225 Å². The van der Waals surface area contributed by atoms with E-state index in [9.17, 15) is 19.8 Å². The molecular weight excluding hydrogens is 506 g/mol. The normalized spacial score (nSPS) is 44.6. The molecule has 0 unspecified atom stereocenters. The van der Waals surface area contributed by atoms with E-state index < -0.39 is 70.3 Å². The maximum absolute atomic E-state index is 17.4. The van der Waals surface area contributed by atoms with E-state index in [0.29, 0.717) is 25.1 Å². The summed E-state index contributed by atoms with van der Waals surface area (Å²) in [6, 6.07) is 9.09. The van der Waals surface area contributed by atoms with E-state index in [1.165, 1.54) is 12.2 Å². The second kappa shape index (κ2) is 8.61. The highest BCUT2D eigenvalue weighted by atomic mass is 19.1. The van der Waals surface area contributed by atoms with Crippen LogP contribution in [0.25, 0.3) is 0 Å². The zero-order valence-corrected chi connectivity index (χ0v) is 21.9. The van der Waals surface area contributed by atoms with E-state index in [-0.39, 0.29) is 18.4 Å². The lowest BCUT2D eigenvalue weighted by atomic mass is 9.44. The van der Waals surface area contributed by atoms with Gasteiger partial charge in [-0.2, -0.15) is 10.3 Å². The van der Waals surface area contributed by atoms with E-state index >= 15 is 8.78 Å². The van der Waals surface area contributed by atoms with Crippen LogP contribution in [0.4, 0.5) is 8.78 Å². The fraction of sp³-hybridized carbons (Fsp3) is 0.567. The quantitative estimate of drug-likeness (QED) is 0.606. The Morgan fingerprint density at radius 2 is 1.95 bits per heavy atom. The maximum Gasteiger partial charge on any atom is 0.192 e. The Hall–Kier alpha value is -2.77. The molecule has 1 heterocycles. The van der Waals surface area contributed by atoms with Crippen LogP contribution in [-0.2, 0) is 21.0 Å². The Balaban J connectivity index is 1.38. The standard InChI is InChI=1S/C30H32F2N2O5/c1-27-8-7-20(36)10-23(27)24(31)11-22-21-9-19-15-34(14-18-5-3-17(13-33)4-6-18)39-30(19,26(38)16-35)28(21,2)12-25(37)29(22,27)32/h3-8,10,19,21-22,24-25,35,37H,9,11-12,14-16H2,1-2H3/t19-,21-,22-,24-,25-,27-,28-,29-,30-/m0/s1. The van der Waals surface area contributed by atoms with Crippen molar-refractivity contribution in [2.45, 2.75) is 63.2 Å². The van der Waals surface area contributed by atoms with Gasteiger partial charge in [0.25, 0.3) is 0 Å². The Kier molecular flexibility index (Phi) is 5.84. The summed E-state index contributed by atoms with van der Waals surface area (Å²) >= 11 is 0. The van der Waals surface area contributed by atoms with Gasteiger partial charge in [-0.25, -0.2) is 8.78 Å². The number of allylic oxidation sites excluding steroid dienone is 4. The number of rotatable bonds is 4. The second-order valence-electron chi connectivity index (χ2n) is 12.3. The van der Waals surface area contributed by atoms with Crippen molar-refractivity contribution >= 4 is 11.6 Å². The molecule has 206 valence electrons. The van der Waals surface area contributed by atoms with Gasteiger partial charge in [-0.1, -0.05) is 25.1 Å². The number of carbonyl (C=O) groups is 2. The predicted octanol–water partition coefficient (Wildman–Crippen LogP) is 3.15. The molecule has 9 heteroatoms. The van der Waals surface area contributed by atoms with Crippen molar-refractivity contribution in [3.63, 3.8) is 0 Å². The molecule has 6 rings (SSSR count). The number of hydroxylamine groups is 2. The summed E-state index contributed by atoms with van der Waals surface area (Å²) in [5.41, 5.74) is -4.86. The van der Waals surface area contributed by atoms with Crippen molar-refractivity contribution in [1.29, 1.82) is 5.26 Å². The van der Waals surface area contributed by atoms with Crippen molar-refractivity contribution in [1.82, 2.24) is 5.06 Å². The molecule has 1 saturated heterocycles. The van der Waals surface area contributed by atoms with Gasteiger partial charge in [0.15, 0.2) is 22.8 Å². The molecule has 0 aromatic heterocycles. The minimum atomic E-state index is -2.24. The molecule has 5 aliphatic rings. The molecule has 4 fully saturated rings. The molecule has 39 heavy (non-hydrogen) atoms. The van der Waals surface area contributed by atoms with E-state index in [2.05, 4.69) is 6.07 Å². The molecule has 2 N–H and O–H groups in total. The van der Waals surface area contributed by atoms with Gasteiger partial charge in [0.1, 0.15) is 12.8 Å². The Morgan fingerprint density at radius 1 is 1.23 bits per heavy atom. The van der Waals surface area contributed by atoms with Crippen LogP contribution in [0.2, 0.25) is 0 Å². The van der Waals surface area contributed by atoms with Crippen LogP contribution in [0, 0.1) is 39.9 Å². The van der Waals surface area contributed by atoms with E-state index in [1.54, 1.807) is 43.2 Å². The minimum Gasteiger partial charge on any atom is -0.390 e. The summed E-state index contributed by atoms with van der Waals surface area (Å²) in [4.78, 5) is 32.1. The first-order valence-corrected chi connectivity index (χ1v) is 13.5. The van der Waals surface area contributed by atoms with Crippen LogP contribution < -0.4 is 0 Å². The first-order chi connectivity index (χ1) is 18.4. The number of fused-ring (bicyclic) bond motifs is 7. The molecule has 0 bridgehead atoms. The predicted molar refractivity (Wildman–Crippen MR) is 135 cm³/mol. The number of hydrogen-bond acceptors (Lipinski definition) is 7. The molecule has 0 amide bonds. The van der Waals surface area contributed by atoms with Crippen LogP contribution in [0.15, 0.2) is 48.1 Å². The number of aliphatic hydroxyl groups excluding tert-OH is 2. The molecule has 7 nitrogen and oxygen atoms in total. The fourth-order valence-electron chi connectivity index (χ4n) is 8.92. The monoisotopic (exact) mass is 538 g/mol. The van der Waals surface area contributed by atoms with Crippen molar-refractivity contribution in [3.05, 3.63) is 59.2 Å². The first kappa shape index (κ1) is 26.5. The van der Waals surface area contributed by atoms with E-state index in [4.69, 9.17) is 10.1 Å². The van der Waals surface area contributed by atoms with Crippen molar-refractivity contribution in [2.24, 2.45) is 28.6 Å². The molecule has 1 aromatic carbocycles. The van der Waals surface area contributed by atoms with Crippen molar-refractivity contribution in [3.8, 4) is 6.07 Å². The van der Waals surface area contributed by atoms with Gasteiger partial charge in [-0.15, -0.1) is 0 Å². The van der Waals surface area contributed by atoms with Crippen LogP contribution in [0.3, 0.4) is 0 Å². The average Bonchev–Trinajstić information content (AvgIpc) is 3.39. The van der Waals surface area contributed by atoms with E-state index in [0.717, 1.165) is 11.6 Å². The number of carbonyl (C=O) groups excluding carboxylic acids is 2. The Bertz CT molecular complexity index is 1340. The lowest BCUT2D eigenvalue weighted by molar-refractivity contribution is -0.269. The summed E-state index contributed by atoms with van der Waals surface area (Å²) in [6.07, 6.45) is 0.736. The van der Waals surface area contributed by atoms with Gasteiger partial charge in [-0.3, -0.25) is 14.4 Å². The third-order valence-electron chi connectivity index (χ3n) is 10.7. The van der Waals surface area contributed by atoms with Gasteiger partial charge >= 0.3 is 0 Å². The van der Waals surface area contributed by atoms with E-state index in [1.807, 2.05) is 0 Å². The first-order valence-electron chi connectivity index (χ1n) is 13.5. The number of aliphatic hydroxyl groups is 2. The van der Waals surface area contributed by atoms with Crippen molar-refractivity contribution in [2.75, 3.05) is 13.2 Å². The lowest BCUT2D eigenvalue weighted by Gasteiger charge is -2.63. The van der Waals surface area contributed by atoms with Crippen LogP contribution in [-0.4, -0.2) is 63.5 Å². The summed E-state index contributed by atoms with van der Waals surface area (Å²) in [6.45, 7) is 3.26. The topological polar surface area (TPSA) is 111 Å². The number of ketones is 2. The molecule has 0 spiro atoms. The SMILES string of the molecule is C[C@]12C=CC(=O)C=C1[C@@H](F)C[C@H]1[C@@H]3C[C@H]4CN(Cc5ccc(C#N)cc5)O[C@@]4(C(=O)CO)[C@@]3(C)C[C@H](O)[C@@]12F. The van der Waals surface area contributed by atoms with Gasteiger partial charge in [0.2, 0.25) is 0 Å². The third-order valence-corrected chi connectivity index (χ3v) is 10.7. The number of benzene rings is 1. The maximum atomic E-state index is 17.4. The number of nitrogens with zero attached hydrogens (tertiary/aromatic N) is 2. The van der Waals surface area contributed by atoms with Crippen molar-refractivity contribution < 1.29 is 33.4 Å². The average molecular weight is 539 g/mol. The van der Waals surface area contributed by atoms with Crippen LogP contribution in [0.5, 0.6) is 0 Å². The van der Waals surface area contributed by atoms with Gasteiger partial charge in [-0.05, 0) is 67.5 Å². The van der Waals surface area contributed by atoms with Gasteiger partial charge < -0.3 is 10.2 Å². The molecule has 3 saturated carbocycles. The second-order valence-corrected chi connectivity index (χ2v) is 12.3. The largest absolute Gasteiger partial charge is 0.390 e. The molecule has 1 aliphatic heterocycles.